The lowest BCUT2D eigenvalue weighted by Gasteiger charge is -2.34. The summed E-state index contributed by atoms with van der Waals surface area (Å²) in [4.78, 5) is 12.9. The number of likely N-dealkylation sites (tertiary alicyclic amines) is 1. The van der Waals surface area contributed by atoms with Crippen LogP contribution in [0.15, 0.2) is 12.4 Å². The summed E-state index contributed by atoms with van der Waals surface area (Å²) in [6.07, 6.45) is 7.29. The molecule has 2 rings (SSSR count). The van der Waals surface area contributed by atoms with Crippen LogP contribution in [0.2, 0.25) is 0 Å². The van der Waals surface area contributed by atoms with Crippen LogP contribution in [0, 0.1) is 0 Å². The summed E-state index contributed by atoms with van der Waals surface area (Å²) in [5.41, 5.74) is 1.11. The number of aliphatic hydroxyl groups is 1. The van der Waals surface area contributed by atoms with Gasteiger partial charge in [0.25, 0.3) is 0 Å². The van der Waals surface area contributed by atoms with Gasteiger partial charge in [0.15, 0.2) is 0 Å². The third-order valence-electron chi connectivity index (χ3n) is 3.44. The number of hydrogen-bond acceptors (Lipinski definition) is 5. The maximum Gasteiger partial charge on any atom is 0.224 e. The predicted octanol–water partition coefficient (Wildman–Crippen LogP) is 0.889. The Hall–Kier alpha value is -1.20. The minimum Gasteiger partial charge on any atom is -0.395 e. The molecule has 1 aliphatic rings. The SMILES string of the molecule is CN(C)c1ncc(CN2CCCC[C@@H]2CO)cn1. The Morgan fingerprint density at radius 3 is 2.67 bits per heavy atom. The van der Waals surface area contributed by atoms with Crippen molar-refractivity contribution >= 4 is 5.95 Å². The van der Waals surface area contributed by atoms with Gasteiger partial charge in [0.05, 0.1) is 6.61 Å². The van der Waals surface area contributed by atoms with Gasteiger partial charge < -0.3 is 10.0 Å². The van der Waals surface area contributed by atoms with Crippen LogP contribution >= 0.6 is 0 Å². The standard InChI is InChI=1S/C13H22N4O/c1-16(2)13-14-7-11(8-15-13)9-17-6-4-3-5-12(17)10-18/h7-8,12,18H,3-6,9-10H2,1-2H3/t12-/m1/s1. The van der Waals surface area contributed by atoms with E-state index in [2.05, 4.69) is 14.9 Å². The highest BCUT2D eigenvalue weighted by Gasteiger charge is 2.21. The Bertz CT molecular complexity index is 366. The summed E-state index contributed by atoms with van der Waals surface area (Å²) in [5.74, 6) is 0.733. The van der Waals surface area contributed by atoms with Crippen LogP contribution in [-0.2, 0) is 6.54 Å². The predicted molar refractivity (Wildman–Crippen MR) is 71.5 cm³/mol. The van der Waals surface area contributed by atoms with Crippen LogP contribution in [-0.4, -0.2) is 53.3 Å². The van der Waals surface area contributed by atoms with Gasteiger partial charge in [0, 0.05) is 44.6 Å². The van der Waals surface area contributed by atoms with Crippen LogP contribution < -0.4 is 4.90 Å². The van der Waals surface area contributed by atoms with Gasteiger partial charge in [-0.25, -0.2) is 9.97 Å². The Balaban J connectivity index is 1.99. The fourth-order valence-electron chi connectivity index (χ4n) is 2.37. The first-order chi connectivity index (χ1) is 8.70. The molecule has 0 saturated carbocycles. The second kappa shape index (κ2) is 6.11. The molecule has 0 aromatic carbocycles. The van der Waals surface area contributed by atoms with Crippen molar-refractivity contribution in [1.29, 1.82) is 0 Å². The van der Waals surface area contributed by atoms with E-state index in [0.717, 1.165) is 31.0 Å². The number of nitrogens with zero attached hydrogens (tertiary/aromatic N) is 4. The fourth-order valence-corrected chi connectivity index (χ4v) is 2.37. The molecule has 5 nitrogen and oxygen atoms in total. The highest BCUT2D eigenvalue weighted by Crippen LogP contribution is 2.19. The number of hydrogen-bond donors (Lipinski definition) is 1. The van der Waals surface area contributed by atoms with Gasteiger partial charge >= 0.3 is 0 Å². The molecule has 1 saturated heterocycles. The van der Waals surface area contributed by atoms with E-state index in [1.54, 1.807) is 0 Å². The van der Waals surface area contributed by atoms with Crippen LogP contribution in [0.4, 0.5) is 5.95 Å². The van der Waals surface area contributed by atoms with Crippen molar-refractivity contribution in [3.63, 3.8) is 0 Å². The maximum absolute atomic E-state index is 9.38. The molecule has 0 amide bonds. The van der Waals surface area contributed by atoms with E-state index in [4.69, 9.17) is 0 Å². The first kappa shape index (κ1) is 13.2. The molecule has 1 aliphatic heterocycles. The molecular weight excluding hydrogens is 228 g/mol. The normalized spacial score (nSPS) is 20.9. The van der Waals surface area contributed by atoms with E-state index in [-0.39, 0.29) is 6.61 Å². The molecule has 1 aromatic heterocycles. The first-order valence-electron chi connectivity index (χ1n) is 6.54. The molecule has 0 aliphatic carbocycles. The lowest BCUT2D eigenvalue weighted by Crippen LogP contribution is -2.41. The average Bonchev–Trinajstić information content (AvgIpc) is 2.40. The van der Waals surface area contributed by atoms with Gasteiger partial charge in [0.1, 0.15) is 0 Å². The maximum atomic E-state index is 9.38. The molecule has 0 radical (unpaired) electrons. The quantitative estimate of drug-likeness (QED) is 0.860. The van der Waals surface area contributed by atoms with Gasteiger partial charge in [-0.05, 0) is 19.4 Å². The van der Waals surface area contributed by atoms with Crippen LogP contribution in [0.1, 0.15) is 24.8 Å². The van der Waals surface area contributed by atoms with Gasteiger partial charge in [-0.2, -0.15) is 0 Å². The van der Waals surface area contributed by atoms with E-state index in [0.29, 0.717) is 6.04 Å². The minimum atomic E-state index is 0.247. The van der Waals surface area contributed by atoms with Crippen molar-refractivity contribution < 1.29 is 5.11 Å². The monoisotopic (exact) mass is 250 g/mol. The Morgan fingerprint density at radius 2 is 2.06 bits per heavy atom. The molecule has 1 N–H and O–H groups in total. The Morgan fingerprint density at radius 1 is 1.33 bits per heavy atom. The summed E-state index contributed by atoms with van der Waals surface area (Å²) in [6.45, 7) is 2.14. The zero-order valence-corrected chi connectivity index (χ0v) is 11.2. The lowest BCUT2D eigenvalue weighted by atomic mass is 10.0. The Kier molecular flexibility index (Phi) is 4.49. The molecule has 0 unspecified atom stereocenters. The summed E-state index contributed by atoms with van der Waals surface area (Å²) >= 11 is 0. The Labute approximate surface area is 108 Å². The number of piperidine rings is 1. The minimum absolute atomic E-state index is 0.247. The third-order valence-corrected chi connectivity index (χ3v) is 3.44. The fraction of sp³-hybridized carbons (Fsp3) is 0.692. The van der Waals surface area contributed by atoms with Crippen LogP contribution in [0.3, 0.4) is 0 Å². The van der Waals surface area contributed by atoms with Crippen molar-refractivity contribution in [3.05, 3.63) is 18.0 Å². The van der Waals surface area contributed by atoms with Gasteiger partial charge in [-0.15, -0.1) is 0 Å². The zero-order chi connectivity index (χ0) is 13.0. The number of rotatable bonds is 4. The molecule has 100 valence electrons. The molecule has 5 heteroatoms. The highest BCUT2D eigenvalue weighted by atomic mass is 16.3. The van der Waals surface area contributed by atoms with Crippen molar-refractivity contribution in [1.82, 2.24) is 14.9 Å². The molecule has 1 aromatic rings. The molecular formula is C13H22N4O. The van der Waals surface area contributed by atoms with Crippen molar-refractivity contribution in [3.8, 4) is 0 Å². The van der Waals surface area contributed by atoms with Gasteiger partial charge in [-0.3, -0.25) is 4.90 Å². The zero-order valence-electron chi connectivity index (χ0n) is 11.2. The largest absolute Gasteiger partial charge is 0.395 e. The molecule has 0 bridgehead atoms. The lowest BCUT2D eigenvalue weighted by molar-refractivity contribution is 0.0839. The van der Waals surface area contributed by atoms with E-state index in [1.165, 1.54) is 12.8 Å². The summed E-state index contributed by atoms with van der Waals surface area (Å²) in [6, 6.07) is 0.298. The van der Waals surface area contributed by atoms with Gasteiger partial charge in [-0.1, -0.05) is 6.42 Å². The van der Waals surface area contributed by atoms with Crippen molar-refractivity contribution in [2.45, 2.75) is 31.8 Å². The summed E-state index contributed by atoms with van der Waals surface area (Å²) < 4.78 is 0. The van der Waals surface area contributed by atoms with E-state index in [9.17, 15) is 5.11 Å². The molecule has 1 atom stereocenters. The molecule has 0 spiro atoms. The van der Waals surface area contributed by atoms with E-state index in [1.807, 2.05) is 31.4 Å². The van der Waals surface area contributed by atoms with Gasteiger partial charge in [0.2, 0.25) is 5.95 Å². The molecule has 1 fully saturated rings. The summed E-state index contributed by atoms with van der Waals surface area (Å²) in [7, 11) is 3.86. The molecule has 2 heterocycles. The molecule has 18 heavy (non-hydrogen) atoms. The van der Waals surface area contributed by atoms with Crippen molar-refractivity contribution in [2.24, 2.45) is 0 Å². The second-order valence-corrected chi connectivity index (χ2v) is 5.09. The van der Waals surface area contributed by atoms with Crippen LogP contribution in [0.5, 0.6) is 0 Å². The van der Waals surface area contributed by atoms with Crippen molar-refractivity contribution in [2.75, 3.05) is 32.1 Å². The summed E-state index contributed by atoms with van der Waals surface area (Å²) in [5, 5.41) is 9.38. The number of anilines is 1. The number of aromatic nitrogens is 2. The smallest absolute Gasteiger partial charge is 0.224 e. The van der Waals surface area contributed by atoms with E-state index >= 15 is 0 Å². The third kappa shape index (κ3) is 3.17. The second-order valence-electron chi connectivity index (χ2n) is 5.09. The average molecular weight is 250 g/mol. The van der Waals surface area contributed by atoms with Crippen LogP contribution in [0.25, 0.3) is 0 Å². The topological polar surface area (TPSA) is 52.5 Å². The first-order valence-corrected chi connectivity index (χ1v) is 6.54. The highest BCUT2D eigenvalue weighted by molar-refractivity contribution is 5.26. The van der Waals surface area contributed by atoms with E-state index < -0.39 is 0 Å². The number of aliphatic hydroxyl groups excluding tert-OH is 1.